The summed E-state index contributed by atoms with van der Waals surface area (Å²) < 4.78 is 0. The first kappa shape index (κ1) is 11.5. The summed E-state index contributed by atoms with van der Waals surface area (Å²) in [5, 5.41) is 8.76. The second-order valence-electron chi connectivity index (χ2n) is 3.97. The average molecular weight is 200 g/mol. The third kappa shape index (κ3) is 2.69. The monoisotopic (exact) mass is 200 g/mol. The van der Waals surface area contributed by atoms with Gasteiger partial charge in [0, 0.05) is 13.1 Å². The molecule has 1 aliphatic rings. The second kappa shape index (κ2) is 5.32. The van der Waals surface area contributed by atoms with Gasteiger partial charge >= 0.3 is 0 Å². The van der Waals surface area contributed by atoms with E-state index in [1.54, 1.807) is 4.90 Å². The summed E-state index contributed by atoms with van der Waals surface area (Å²) in [6, 6.07) is -0.729. The molecule has 82 valence electrons. The van der Waals surface area contributed by atoms with E-state index in [0.29, 0.717) is 0 Å². The molecule has 1 saturated heterocycles. The molecular weight excluding hydrogens is 180 g/mol. The Morgan fingerprint density at radius 3 is 2.57 bits per heavy atom. The molecule has 0 aromatic carbocycles. The van der Waals surface area contributed by atoms with Crippen LogP contribution in [0.15, 0.2) is 0 Å². The predicted molar refractivity (Wildman–Crippen MR) is 54.7 cm³/mol. The summed E-state index contributed by atoms with van der Waals surface area (Å²) >= 11 is 0. The largest absolute Gasteiger partial charge is 0.394 e. The Balaban J connectivity index is 2.37. The molecule has 0 bridgehead atoms. The summed E-state index contributed by atoms with van der Waals surface area (Å²) in [4.78, 5) is 13.3. The number of likely N-dealkylation sites (tertiary alicyclic amines) is 1. The zero-order valence-corrected chi connectivity index (χ0v) is 8.78. The highest BCUT2D eigenvalue weighted by Gasteiger charge is 2.24. The lowest BCUT2D eigenvalue weighted by Gasteiger charge is -2.32. The Bertz CT molecular complexity index is 189. The molecule has 1 atom stereocenters. The Kier molecular flexibility index (Phi) is 4.35. The van der Waals surface area contributed by atoms with Crippen molar-refractivity contribution in [1.82, 2.24) is 4.90 Å². The van der Waals surface area contributed by atoms with Crippen molar-refractivity contribution in [2.24, 2.45) is 11.7 Å². The van der Waals surface area contributed by atoms with Crippen LogP contribution in [0, 0.1) is 5.92 Å². The minimum Gasteiger partial charge on any atom is -0.394 e. The smallest absolute Gasteiger partial charge is 0.241 e. The third-order valence-corrected chi connectivity index (χ3v) is 3.02. The van der Waals surface area contributed by atoms with Gasteiger partial charge in [-0.3, -0.25) is 4.79 Å². The van der Waals surface area contributed by atoms with Crippen molar-refractivity contribution in [3.05, 3.63) is 0 Å². The quantitative estimate of drug-likeness (QED) is 0.671. The molecule has 4 heteroatoms. The highest BCUT2D eigenvalue weighted by molar-refractivity contribution is 5.81. The fourth-order valence-electron chi connectivity index (χ4n) is 1.87. The third-order valence-electron chi connectivity index (χ3n) is 3.02. The normalized spacial score (nSPS) is 20.9. The molecule has 0 aliphatic carbocycles. The number of piperidine rings is 1. The van der Waals surface area contributed by atoms with Crippen LogP contribution in [0.25, 0.3) is 0 Å². The highest BCUT2D eigenvalue weighted by atomic mass is 16.3. The first-order valence-corrected chi connectivity index (χ1v) is 5.34. The Hall–Kier alpha value is -0.610. The molecule has 0 spiro atoms. The van der Waals surface area contributed by atoms with Gasteiger partial charge < -0.3 is 15.7 Å². The SMILES string of the molecule is CCC1CCN(C(=O)[C@@H](N)CO)CC1. The fourth-order valence-corrected chi connectivity index (χ4v) is 1.87. The van der Waals surface area contributed by atoms with Gasteiger partial charge in [0.1, 0.15) is 6.04 Å². The van der Waals surface area contributed by atoms with Gasteiger partial charge in [0.25, 0.3) is 0 Å². The maximum absolute atomic E-state index is 11.6. The minimum absolute atomic E-state index is 0.109. The van der Waals surface area contributed by atoms with Crippen LogP contribution in [-0.2, 0) is 4.79 Å². The van der Waals surface area contributed by atoms with Crippen molar-refractivity contribution >= 4 is 5.91 Å². The number of carbonyl (C=O) groups is 1. The molecule has 1 fully saturated rings. The molecule has 1 aliphatic heterocycles. The molecule has 0 aromatic heterocycles. The van der Waals surface area contributed by atoms with E-state index in [0.717, 1.165) is 31.8 Å². The fraction of sp³-hybridized carbons (Fsp3) is 0.900. The highest BCUT2D eigenvalue weighted by Crippen LogP contribution is 2.19. The molecule has 0 aromatic rings. The van der Waals surface area contributed by atoms with Crippen LogP contribution in [0.2, 0.25) is 0 Å². The molecule has 4 nitrogen and oxygen atoms in total. The van der Waals surface area contributed by atoms with Gasteiger partial charge in [0.2, 0.25) is 5.91 Å². The van der Waals surface area contributed by atoms with Crippen LogP contribution < -0.4 is 5.73 Å². The van der Waals surface area contributed by atoms with Crippen LogP contribution in [0.4, 0.5) is 0 Å². The zero-order valence-electron chi connectivity index (χ0n) is 8.78. The van der Waals surface area contributed by atoms with E-state index < -0.39 is 6.04 Å². The van der Waals surface area contributed by atoms with Gasteiger partial charge in [0.05, 0.1) is 6.61 Å². The Morgan fingerprint density at radius 2 is 2.14 bits per heavy atom. The van der Waals surface area contributed by atoms with Gasteiger partial charge in [-0.2, -0.15) is 0 Å². The van der Waals surface area contributed by atoms with Crippen molar-refractivity contribution in [2.75, 3.05) is 19.7 Å². The molecule has 1 amide bonds. The number of aliphatic hydroxyl groups is 1. The lowest BCUT2D eigenvalue weighted by Crippen LogP contribution is -2.48. The van der Waals surface area contributed by atoms with E-state index in [1.165, 1.54) is 6.42 Å². The van der Waals surface area contributed by atoms with Gasteiger partial charge in [0.15, 0.2) is 0 Å². The number of nitrogens with zero attached hydrogens (tertiary/aromatic N) is 1. The number of aliphatic hydroxyl groups excluding tert-OH is 1. The first-order valence-electron chi connectivity index (χ1n) is 5.34. The number of carbonyl (C=O) groups excluding carboxylic acids is 1. The van der Waals surface area contributed by atoms with E-state index in [2.05, 4.69) is 6.92 Å². The standard InChI is InChI=1S/C10H20N2O2/c1-2-8-3-5-12(6-4-8)10(14)9(11)7-13/h8-9,13H,2-7,11H2,1H3/t9-/m0/s1. The van der Waals surface area contributed by atoms with E-state index in [4.69, 9.17) is 10.8 Å². The molecule has 14 heavy (non-hydrogen) atoms. The summed E-state index contributed by atoms with van der Waals surface area (Å²) in [6.45, 7) is 3.52. The van der Waals surface area contributed by atoms with Crippen molar-refractivity contribution in [3.63, 3.8) is 0 Å². The van der Waals surface area contributed by atoms with Crippen LogP contribution in [0.3, 0.4) is 0 Å². The van der Waals surface area contributed by atoms with Crippen LogP contribution in [0.1, 0.15) is 26.2 Å². The van der Waals surface area contributed by atoms with Gasteiger partial charge in [-0.15, -0.1) is 0 Å². The molecule has 0 radical (unpaired) electrons. The number of amides is 1. The molecule has 0 unspecified atom stereocenters. The molecule has 1 rings (SSSR count). The lowest BCUT2D eigenvalue weighted by molar-refractivity contribution is -0.134. The van der Waals surface area contributed by atoms with Crippen molar-refractivity contribution < 1.29 is 9.90 Å². The molecule has 0 saturated carbocycles. The Labute approximate surface area is 85.1 Å². The maximum atomic E-state index is 11.6. The van der Waals surface area contributed by atoms with E-state index in [9.17, 15) is 4.79 Å². The summed E-state index contributed by atoms with van der Waals surface area (Å²) in [5.74, 6) is 0.645. The number of hydrogen-bond acceptors (Lipinski definition) is 3. The molecule has 1 heterocycles. The van der Waals surface area contributed by atoms with Gasteiger partial charge in [-0.05, 0) is 18.8 Å². The van der Waals surface area contributed by atoms with Crippen molar-refractivity contribution in [2.45, 2.75) is 32.2 Å². The van der Waals surface area contributed by atoms with E-state index in [1.807, 2.05) is 0 Å². The molecular formula is C10H20N2O2. The molecule has 3 N–H and O–H groups in total. The Morgan fingerprint density at radius 1 is 1.57 bits per heavy atom. The number of rotatable bonds is 3. The van der Waals surface area contributed by atoms with E-state index >= 15 is 0 Å². The van der Waals surface area contributed by atoms with Crippen molar-refractivity contribution in [1.29, 1.82) is 0 Å². The van der Waals surface area contributed by atoms with E-state index in [-0.39, 0.29) is 12.5 Å². The van der Waals surface area contributed by atoms with Crippen LogP contribution in [-0.4, -0.2) is 41.7 Å². The zero-order chi connectivity index (χ0) is 10.6. The maximum Gasteiger partial charge on any atom is 0.241 e. The van der Waals surface area contributed by atoms with Gasteiger partial charge in [-0.25, -0.2) is 0 Å². The van der Waals surface area contributed by atoms with Crippen LogP contribution in [0.5, 0.6) is 0 Å². The van der Waals surface area contributed by atoms with Gasteiger partial charge in [-0.1, -0.05) is 13.3 Å². The lowest BCUT2D eigenvalue weighted by atomic mass is 9.94. The average Bonchev–Trinajstić information content (AvgIpc) is 2.27. The van der Waals surface area contributed by atoms with Crippen LogP contribution >= 0.6 is 0 Å². The summed E-state index contributed by atoms with van der Waals surface area (Å²) in [7, 11) is 0. The number of hydrogen-bond donors (Lipinski definition) is 2. The van der Waals surface area contributed by atoms with Crippen molar-refractivity contribution in [3.8, 4) is 0 Å². The summed E-state index contributed by atoms with van der Waals surface area (Å²) in [6.07, 6.45) is 3.33. The minimum atomic E-state index is -0.729. The topological polar surface area (TPSA) is 66.6 Å². The number of nitrogens with two attached hydrogens (primary N) is 1. The first-order chi connectivity index (χ1) is 6.69. The second-order valence-corrected chi connectivity index (χ2v) is 3.97. The summed E-state index contributed by atoms with van der Waals surface area (Å²) in [5.41, 5.74) is 5.47. The predicted octanol–water partition coefficient (Wildman–Crippen LogP) is -0.0454.